The molecule has 0 saturated heterocycles. The van der Waals surface area contributed by atoms with Gasteiger partial charge in [-0.15, -0.1) is 0 Å². The van der Waals surface area contributed by atoms with Crippen molar-refractivity contribution >= 4 is 22.8 Å². The first-order valence-electron chi connectivity index (χ1n) is 4.60. The monoisotopic (exact) mass is 183 g/mol. The van der Waals surface area contributed by atoms with Crippen LogP contribution in [0.2, 0.25) is 0 Å². The summed E-state index contributed by atoms with van der Waals surface area (Å²) < 4.78 is 2.12. The first-order valence-corrected chi connectivity index (χ1v) is 4.60. The maximum absolute atomic E-state index is 11.0. The van der Waals surface area contributed by atoms with Crippen molar-refractivity contribution in [1.29, 1.82) is 0 Å². The SMILES string of the molecule is Cc1c(C=O)c2cccc3ccc1n32. The van der Waals surface area contributed by atoms with Gasteiger partial charge < -0.3 is 4.40 Å². The molecule has 0 aliphatic heterocycles. The summed E-state index contributed by atoms with van der Waals surface area (Å²) in [6.45, 7) is 1.99. The number of pyridine rings is 1. The molecule has 68 valence electrons. The smallest absolute Gasteiger partial charge is 0.152 e. The summed E-state index contributed by atoms with van der Waals surface area (Å²) >= 11 is 0. The Balaban J connectivity index is 2.71. The van der Waals surface area contributed by atoms with Crippen LogP contribution in [0.1, 0.15) is 15.9 Å². The zero-order valence-corrected chi connectivity index (χ0v) is 7.82. The Morgan fingerprint density at radius 3 is 2.79 bits per heavy atom. The normalized spacial score (nSPS) is 11.5. The van der Waals surface area contributed by atoms with E-state index in [0.717, 1.165) is 34.0 Å². The Morgan fingerprint density at radius 1 is 1.14 bits per heavy atom. The molecule has 0 aromatic carbocycles. The van der Waals surface area contributed by atoms with Gasteiger partial charge in [0.2, 0.25) is 0 Å². The number of nitrogens with zero attached hydrogens (tertiary/aromatic N) is 1. The number of hydrogen-bond acceptors (Lipinski definition) is 1. The third-order valence-corrected chi connectivity index (χ3v) is 2.86. The molecule has 0 N–H and O–H groups in total. The molecule has 0 bridgehead atoms. The molecule has 0 amide bonds. The van der Waals surface area contributed by atoms with Crippen molar-refractivity contribution in [2.75, 3.05) is 0 Å². The highest BCUT2D eigenvalue weighted by molar-refractivity contribution is 5.96. The molecule has 3 rings (SSSR count). The van der Waals surface area contributed by atoms with Crippen LogP contribution in [0, 0.1) is 6.92 Å². The first kappa shape index (κ1) is 7.56. The van der Waals surface area contributed by atoms with Gasteiger partial charge in [-0.3, -0.25) is 4.79 Å². The minimum Gasteiger partial charge on any atom is -0.309 e. The van der Waals surface area contributed by atoms with Gasteiger partial charge in [-0.25, -0.2) is 0 Å². The van der Waals surface area contributed by atoms with Crippen molar-refractivity contribution in [1.82, 2.24) is 4.40 Å². The van der Waals surface area contributed by atoms with Crippen LogP contribution in [0.4, 0.5) is 0 Å². The molecule has 2 nitrogen and oxygen atoms in total. The highest BCUT2D eigenvalue weighted by atomic mass is 16.1. The second-order valence-electron chi connectivity index (χ2n) is 3.55. The zero-order chi connectivity index (χ0) is 9.71. The van der Waals surface area contributed by atoms with Crippen molar-refractivity contribution in [3.63, 3.8) is 0 Å². The topological polar surface area (TPSA) is 21.5 Å². The molecule has 3 aromatic rings. The number of aldehydes is 1. The van der Waals surface area contributed by atoms with E-state index in [2.05, 4.69) is 16.5 Å². The minimum atomic E-state index is 0.811. The fourth-order valence-electron chi connectivity index (χ4n) is 2.15. The van der Waals surface area contributed by atoms with E-state index in [1.807, 2.05) is 25.1 Å². The Kier molecular flexibility index (Phi) is 1.27. The number of carbonyl (C=O) groups is 1. The molecular formula is C12H9NO. The molecule has 0 spiro atoms. The fraction of sp³-hybridized carbons (Fsp3) is 0.0833. The van der Waals surface area contributed by atoms with Gasteiger partial charge >= 0.3 is 0 Å². The largest absolute Gasteiger partial charge is 0.309 e. The molecule has 2 heteroatoms. The molecule has 0 aliphatic carbocycles. The molecular weight excluding hydrogens is 174 g/mol. The van der Waals surface area contributed by atoms with E-state index in [1.54, 1.807) is 0 Å². The van der Waals surface area contributed by atoms with Crippen molar-refractivity contribution in [2.24, 2.45) is 0 Å². The van der Waals surface area contributed by atoms with Crippen LogP contribution in [0.3, 0.4) is 0 Å². The van der Waals surface area contributed by atoms with E-state index >= 15 is 0 Å². The van der Waals surface area contributed by atoms with Crippen LogP contribution >= 0.6 is 0 Å². The van der Waals surface area contributed by atoms with Crippen LogP contribution in [-0.4, -0.2) is 10.7 Å². The lowest BCUT2D eigenvalue weighted by Gasteiger charge is -1.94. The molecule has 0 fully saturated rings. The van der Waals surface area contributed by atoms with Gasteiger partial charge in [-0.05, 0) is 36.8 Å². The highest BCUT2D eigenvalue weighted by Gasteiger charge is 2.12. The minimum absolute atomic E-state index is 0.811. The summed E-state index contributed by atoms with van der Waals surface area (Å²) in [5.74, 6) is 0. The van der Waals surface area contributed by atoms with E-state index in [4.69, 9.17) is 0 Å². The maximum atomic E-state index is 11.0. The van der Waals surface area contributed by atoms with Gasteiger partial charge in [0.05, 0.1) is 5.52 Å². The number of hydrogen-bond donors (Lipinski definition) is 0. The highest BCUT2D eigenvalue weighted by Crippen LogP contribution is 2.26. The number of carbonyl (C=O) groups excluding carboxylic acids is 1. The molecule has 3 heterocycles. The molecule has 3 aromatic heterocycles. The van der Waals surface area contributed by atoms with Gasteiger partial charge in [0.25, 0.3) is 0 Å². The summed E-state index contributed by atoms with van der Waals surface area (Å²) in [7, 11) is 0. The van der Waals surface area contributed by atoms with E-state index in [9.17, 15) is 4.79 Å². The Hall–Kier alpha value is -1.83. The summed E-state index contributed by atoms with van der Waals surface area (Å²) in [4.78, 5) is 11.0. The Labute approximate surface area is 81.1 Å². The van der Waals surface area contributed by atoms with Crippen LogP contribution < -0.4 is 0 Å². The lowest BCUT2D eigenvalue weighted by Crippen LogP contribution is -1.83. The lowest BCUT2D eigenvalue weighted by molar-refractivity contribution is 0.112. The summed E-state index contributed by atoms with van der Waals surface area (Å²) in [6, 6.07) is 10.1. The second kappa shape index (κ2) is 2.35. The van der Waals surface area contributed by atoms with Crippen molar-refractivity contribution < 1.29 is 4.79 Å². The fourth-order valence-corrected chi connectivity index (χ4v) is 2.15. The van der Waals surface area contributed by atoms with Crippen LogP contribution in [0.25, 0.3) is 16.6 Å². The molecule has 0 atom stereocenters. The standard InChI is InChI=1S/C12H9NO/c1-8-10(7-14)12-4-2-3-9-5-6-11(8)13(9)12/h2-7H,1H3. The number of aryl methyl sites for hydroxylation is 1. The summed E-state index contributed by atoms with van der Waals surface area (Å²) in [6.07, 6.45) is 0.942. The predicted molar refractivity (Wildman–Crippen MR) is 56.2 cm³/mol. The quantitative estimate of drug-likeness (QED) is 0.531. The molecule has 14 heavy (non-hydrogen) atoms. The first-order chi connectivity index (χ1) is 6.83. The van der Waals surface area contributed by atoms with Gasteiger partial charge in [0.1, 0.15) is 0 Å². The van der Waals surface area contributed by atoms with Crippen molar-refractivity contribution in [2.45, 2.75) is 6.92 Å². The van der Waals surface area contributed by atoms with Gasteiger partial charge in [-0.2, -0.15) is 0 Å². The molecule has 0 radical (unpaired) electrons. The van der Waals surface area contributed by atoms with Crippen LogP contribution in [-0.2, 0) is 0 Å². The Bertz CT molecular complexity index is 621. The number of aromatic nitrogens is 1. The predicted octanol–water partition coefficient (Wildman–Crippen LogP) is 2.65. The average Bonchev–Trinajstić information content (AvgIpc) is 2.73. The third kappa shape index (κ3) is 0.691. The summed E-state index contributed by atoms with van der Waals surface area (Å²) in [5.41, 5.74) is 5.17. The van der Waals surface area contributed by atoms with Crippen molar-refractivity contribution in [3.8, 4) is 0 Å². The van der Waals surface area contributed by atoms with E-state index < -0.39 is 0 Å². The van der Waals surface area contributed by atoms with Crippen LogP contribution in [0.5, 0.6) is 0 Å². The summed E-state index contributed by atoms with van der Waals surface area (Å²) in [5, 5.41) is 0. The third-order valence-electron chi connectivity index (χ3n) is 2.86. The Morgan fingerprint density at radius 2 is 2.00 bits per heavy atom. The van der Waals surface area contributed by atoms with E-state index in [1.165, 1.54) is 0 Å². The molecule has 0 saturated carbocycles. The van der Waals surface area contributed by atoms with E-state index in [0.29, 0.717) is 0 Å². The second-order valence-corrected chi connectivity index (χ2v) is 3.55. The van der Waals surface area contributed by atoms with E-state index in [-0.39, 0.29) is 0 Å². The molecule has 0 aliphatic rings. The van der Waals surface area contributed by atoms with Crippen molar-refractivity contribution in [3.05, 3.63) is 41.5 Å². The molecule has 0 unspecified atom stereocenters. The van der Waals surface area contributed by atoms with Crippen LogP contribution in [0.15, 0.2) is 30.3 Å². The van der Waals surface area contributed by atoms with Gasteiger partial charge in [0.15, 0.2) is 6.29 Å². The maximum Gasteiger partial charge on any atom is 0.152 e. The van der Waals surface area contributed by atoms with Gasteiger partial charge in [0, 0.05) is 16.6 Å². The lowest BCUT2D eigenvalue weighted by atomic mass is 10.1. The average molecular weight is 183 g/mol. The zero-order valence-electron chi connectivity index (χ0n) is 7.82. The number of rotatable bonds is 1. The van der Waals surface area contributed by atoms with Gasteiger partial charge in [-0.1, -0.05) is 6.07 Å².